The third kappa shape index (κ3) is 4.75. The molecule has 0 saturated carbocycles. The average molecular weight is 273 g/mol. The molecular formula is C15H32N2S. The molecule has 0 spiro atoms. The van der Waals surface area contributed by atoms with E-state index in [9.17, 15) is 0 Å². The van der Waals surface area contributed by atoms with Crippen LogP contribution in [0.4, 0.5) is 0 Å². The minimum atomic E-state index is 0.584. The number of piperidine rings is 1. The molecule has 1 aliphatic heterocycles. The van der Waals surface area contributed by atoms with Crippen molar-refractivity contribution in [1.82, 2.24) is 10.2 Å². The van der Waals surface area contributed by atoms with Gasteiger partial charge in [0.2, 0.25) is 0 Å². The van der Waals surface area contributed by atoms with E-state index < -0.39 is 0 Å². The molecule has 1 fully saturated rings. The second-order valence-corrected chi connectivity index (χ2v) is 6.84. The lowest BCUT2D eigenvalue weighted by Gasteiger charge is -2.42. The van der Waals surface area contributed by atoms with Crippen molar-refractivity contribution in [3.05, 3.63) is 0 Å². The number of hydrogen-bond donors (Lipinski definition) is 1. The molecule has 1 saturated heterocycles. The van der Waals surface area contributed by atoms with Crippen LogP contribution in [0, 0.1) is 5.41 Å². The summed E-state index contributed by atoms with van der Waals surface area (Å²) in [6.07, 6.45) is 8.95. The minimum absolute atomic E-state index is 0.584. The van der Waals surface area contributed by atoms with Gasteiger partial charge in [-0.25, -0.2) is 0 Å². The maximum atomic E-state index is 3.52. The van der Waals surface area contributed by atoms with Crippen LogP contribution in [-0.2, 0) is 0 Å². The van der Waals surface area contributed by atoms with Crippen LogP contribution < -0.4 is 5.32 Å². The summed E-state index contributed by atoms with van der Waals surface area (Å²) in [5.41, 5.74) is 0.584. The van der Waals surface area contributed by atoms with Crippen LogP contribution in [0.3, 0.4) is 0 Å². The van der Waals surface area contributed by atoms with E-state index in [0.717, 1.165) is 6.04 Å². The summed E-state index contributed by atoms with van der Waals surface area (Å²) in [4.78, 5) is 2.64. The van der Waals surface area contributed by atoms with Gasteiger partial charge in [0, 0.05) is 18.3 Å². The van der Waals surface area contributed by atoms with Gasteiger partial charge in [-0.3, -0.25) is 0 Å². The first-order chi connectivity index (χ1) is 8.67. The third-order valence-corrected chi connectivity index (χ3v) is 5.20. The van der Waals surface area contributed by atoms with Crippen LogP contribution in [0.15, 0.2) is 0 Å². The highest BCUT2D eigenvalue weighted by Gasteiger charge is 2.33. The quantitative estimate of drug-likeness (QED) is 0.730. The van der Waals surface area contributed by atoms with Crippen LogP contribution in [0.2, 0.25) is 0 Å². The summed E-state index contributed by atoms with van der Waals surface area (Å²) in [6.45, 7) is 8.39. The van der Waals surface area contributed by atoms with E-state index >= 15 is 0 Å². The first kappa shape index (κ1) is 16.3. The summed E-state index contributed by atoms with van der Waals surface area (Å²) in [5, 5.41) is 3.52. The molecule has 0 aromatic carbocycles. The number of rotatable bonds is 8. The maximum absolute atomic E-state index is 3.52. The van der Waals surface area contributed by atoms with E-state index in [-0.39, 0.29) is 0 Å². The van der Waals surface area contributed by atoms with E-state index in [1.165, 1.54) is 57.5 Å². The minimum Gasteiger partial charge on any atom is -0.317 e. The fourth-order valence-electron chi connectivity index (χ4n) is 3.38. The Labute approximate surface area is 118 Å². The fourth-order valence-corrected chi connectivity index (χ4v) is 4.26. The zero-order valence-electron chi connectivity index (χ0n) is 12.8. The van der Waals surface area contributed by atoms with E-state index in [1.54, 1.807) is 0 Å². The van der Waals surface area contributed by atoms with Gasteiger partial charge >= 0.3 is 0 Å². The van der Waals surface area contributed by atoms with Crippen LogP contribution >= 0.6 is 11.8 Å². The van der Waals surface area contributed by atoms with Gasteiger partial charge in [-0.15, -0.1) is 0 Å². The number of nitrogens with zero attached hydrogens (tertiary/aromatic N) is 1. The Bertz CT molecular complexity index is 209. The molecule has 1 heterocycles. The average Bonchev–Trinajstić information content (AvgIpc) is 2.37. The zero-order chi connectivity index (χ0) is 13.4. The molecule has 1 unspecified atom stereocenters. The third-order valence-electron chi connectivity index (χ3n) is 4.48. The molecule has 1 N–H and O–H groups in total. The lowest BCUT2D eigenvalue weighted by Crippen LogP contribution is -2.47. The van der Waals surface area contributed by atoms with E-state index in [4.69, 9.17) is 0 Å². The van der Waals surface area contributed by atoms with Crippen molar-refractivity contribution in [2.75, 3.05) is 38.7 Å². The standard InChI is InChI=1S/C15H32N2S/c1-5-7-15(8-10-16-11-9-15)13-17(3)14(6-2)12-18-4/h14,16H,5-13H2,1-4H3. The van der Waals surface area contributed by atoms with Gasteiger partial charge in [0.05, 0.1) is 0 Å². The predicted molar refractivity (Wildman–Crippen MR) is 84.5 cm³/mol. The van der Waals surface area contributed by atoms with Gasteiger partial charge in [0.1, 0.15) is 0 Å². The SMILES string of the molecule is CCCC1(CN(C)C(CC)CSC)CCNCC1. The van der Waals surface area contributed by atoms with Crippen molar-refractivity contribution in [3.8, 4) is 0 Å². The van der Waals surface area contributed by atoms with Crippen molar-refractivity contribution < 1.29 is 0 Å². The number of thioether (sulfide) groups is 1. The molecule has 0 aliphatic carbocycles. The molecule has 3 heteroatoms. The second kappa shape index (κ2) is 8.44. The Balaban J connectivity index is 2.58. The molecular weight excluding hydrogens is 240 g/mol. The number of hydrogen-bond acceptors (Lipinski definition) is 3. The van der Waals surface area contributed by atoms with Gasteiger partial charge in [0.25, 0.3) is 0 Å². The smallest absolute Gasteiger partial charge is 0.0180 e. The Morgan fingerprint density at radius 2 is 1.94 bits per heavy atom. The van der Waals surface area contributed by atoms with Crippen molar-refractivity contribution in [1.29, 1.82) is 0 Å². The molecule has 18 heavy (non-hydrogen) atoms. The van der Waals surface area contributed by atoms with Gasteiger partial charge in [-0.2, -0.15) is 11.8 Å². The molecule has 0 aromatic heterocycles. The second-order valence-electron chi connectivity index (χ2n) is 5.93. The monoisotopic (exact) mass is 272 g/mol. The predicted octanol–water partition coefficient (Wildman–Crippen LogP) is 3.23. The molecule has 0 aromatic rings. The lowest BCUT2D eigenvalue weighted by atomic mass is 9.75. The molecule has 1 atom stereocenters. The molecule has 0 amide bonds. The van der Waals surface area contributed by atoms with E-state index in [1.807, 2.05) is 11.8 Å². The molecule has 0 bridgehead atoms. The lowest BCUT2D eigenvalue weighted by molar-refractivity contribution is 0.0956. The van der Waals surface area contributed by atoms with Crippen molar-refractivity contribution in [3.63, 3.8) is 0 Å². The van der Waals surface area contributed by atoms with Crippen molar-refractivity contribution >= 4 is 11.8 Å². The molecule has 0 radical (unpaired) electrons. The topological polar surface area (TPSA) is 15.3 Å². The van der Waals surface area contributed by atoms with Crippen LogP contribution in [0.1, 0.15) is 46.0 Å². The molecule has 1 rings (SSSR count). The van der Waals surface area contributed by atoms with Crippen molar-refractivity contribution in [2.45, 2.75) is 52.0 Å². The summed E-state index contributed by atoms with van der Waals surface area (Å²) >= 11 is 1.98. The Morgan fingerprint density at radius 1 is 1.28 bits per heavy atom. The fraction of sp³-hybridized carbons (Fsp3) is 1.00. The first-order valence-corrected chi connectivity index (χ1v) is 8.96. The Morgan fingerprint density at radius 3 is 2.44 bits per heavy atom. The van der Waals surface area contributed by atoms with Gasteiger partial charge in [-0.05, 0) is 57.5 Å². The Kier molecular flexibility index (Phi) is 7.66. The summed E-state index contributed by atoms with van der Waals surface area (Å²) < 4.78 is 0. The largest absolute Gasteiger partial charge is 0.317 e. The van der Waals surface area contributed by atoms with Crippen LogP contribution in [0.5, 0.6) is 0 Å². The highest BCUT2D eigenvalue weighted by atomic mass is 32.2. The first-order valence-electron chi connectivity index (χ1n) is 7.57. The van der Waals surface area contributed by atoms with Crippen LogP contribution in [0.25, 0.3) is 0 Å². The summed E-state index contributed by atoms with van der Waals surface area (Å²) in [5.74, 6) is 1.27. The maximum Gasteiger partial charge on any atom is 0.0180 e. The van der Waals surface area contributed by atoms with Gasteiger partial charge in [-0.1, -0.05) is 20.3 Å². The number of nitrogens with one attached hydrogen (secondary N) is 1. The van der Waals surface area contributed by atoms with Crippen molar-refractivity contribution in [2.24, 2.45) is 5.41 Å². The molecule has 2 nitrogen and oxygen atoms in total. The molecule has 1 aliphatic rings. The molecule has 108 valence electrons. The van der Waals surface area contributed by atoms with E-state index in [2.05, 4.69) is 37.4 Å². The highest BCUT2D eigenvalue weighted by molar-refractivity contribution is 7.98. The van der Waals surface area contributed by atoms with Crippen LogP contribution in [-0.4, -0.2) is 49.6 Å². The van der Waals surface area contributed by atoms with E-state index in [0.29, 0.717) is 5.41 Å². The van der Waals surface area contributed by atoms with Gasteiger partial charge < -0.3 is 10.2 Å². The normalized spacial score (nSPS) is 21.2. The Hall–Kier alpha value is 0.270. The van der Waals surface area contributed by atoms with Gasteiger partial charge in [0.15, 0.2) is 0 Å². The highest BCUT2D eigenvalue weighted by Crippen LogP contribution is 2.35. The zero-order valence-corrected chi connectivity index (χ0v) is 13.6. The summed E-state index contributed by atoms with van der Waals surface area (Å²) in [6, 6.07) is 0.753. The summed E-state index contributed by atoms with van der Waals surface area (Å²) in [7, 11) is 2.34.